The monoisotopic (exact) mass is 395 g/mol. The van der Waals surface area contributed by atoms with Crippen LogP contribution in [0.2, 0.25) is 5.02 Å². The molecule has 1 amide bonds. The largest absolute Gasteiger partial charge is 0.483 e. The first kappa shape index (κ1) is 19.7. The van der Waals surface area contributed by atoms with Crippen molar-refractivity contribution in [1.82, 2.24) is 9.99 Å². The van der Waals surface area contributed by atoms with Gasteiger partial charge in [0.2, 0.25) is 0 Å². The van der Waals surface area contributed by atoms with Gasteiger partial charge in [-0.05, 0) is 50.6 Å². The summed E-state index contributed by atoms with van der Waals surface area (Å²) in [6, 6.07) is 17.2. The normalized spacial score (nSPS) is 11.0. The summed E-state index contributed by atoms with van der Waals surface area (Å²) >= 11 is 6.33. The molecule has 1 N–H and O–H groups in total. The number of rotatable bonds is 6. The molecule has 0 radical (unpaired) electrons. The number of hydrogen-bond acceptors (Lipinski definition) is 3. The second-order valence-corrected chi connectivity index (χ2v) is 6.87. The molecule has 0 aliphatic carbocycles. The summed E-state index contributed by atoms with van der Waals surface area (Å²) in [4.78, 5) is 12.0. The van der Waals surface area contributed by atoms with E-state index in [0.717, 1.165) is 28.2 Å². The van der Waals surface area contributed by atoms with Gasteiger partial charge in [-0.2, -0.15) is 5.10 Å². The number of nitrogens with zero attached hydrogens (tertiary/aromatic N) is 2. The molecule has 0 unspecified atom stereocenters. The topological polar surface area (TPSA) is 55.6 Å². The molecule has 1 heterocycles. The number of halogens is 1. The van der Waals surface area contributed by atoms with Gasteiger partial charge in [0.25, 0.3) is 5.91 Å². The molecule has 0 aliphatic heterocycles. The van der Waals surface area contributed by atoms with Crippen molar-refractivity contribution >= 4 is 23.7 Å². The molecule has 0 saturated heterocycles. The van der Waals surface area contributed by atoms with Gasteiger partial charge in [-0.15, -0.1) is 0 Å². The highest BCUT2D eigenvalue weighted by molar-refractivity contribution is 6.32. The molecule has 3 aromatic rings. The molecular formula is C22H22ClN3O2. The van der Waals surface area contributed by atoms with Crippen LogP contribution in [0.5, 0.6) is 5.75 Å². The van der Waals surface area contributed by atoms with E-state index in [2.05, 4.69) is 15.1 Å². The van der Waals surface area contributed by atoms with Crippen molar-refractivity contribution in [1.29, 1.82) is 0 Å². The number of amides is 1. The molecule has 3 rings (SSSR count). The highest BCUT2D eigenvalue weighted by Crippen LogP contribution is 2.25. The maximum atomic E-state index is 12.0. The standard InChI is InChI=1S/C22H22ClN3O2/c1-15-8-4-7-11-21(15)28-14-22(27)25-24-13-18-12-16(2)26(17(18)3)20-10-6-5-9-19(20)23/h4-13H,14H2,1-3H3,(H,25,27)/b24-13+. The van der Waals surface area contributed by atoms with Crippen LogP contribution >= 0.6 is 11.6 Å². The van der Waals surface area contributed by atoms with E-state index in [1.807, 2.05) is 75.4 Å². The lowest BCUT2D eigenvalue weighted by Gasteiger charge is -2.11. The highest BCUT2D eigenvalue weighted by Gasteiger charge is 2.11. The number of carbonyl (C=O) groups is 1. The minimum Gasteiger partial charge on any atom is -0.483 e. The van der Waals surface area contributed by atoms with E-state index in [4.69, 9.17) is 16.3 Å². The van der Waals surface area contributed by atoms with Crippen LogP contribution in [-0.2, 0) is 4.79 Å². The number of hydrazone groups is 1. The fourth-order valence-electron chi connectivity index (χ4n) is 2.99. The summed E-state index contributed by atoms with van der Waals surface area (Å²) < 4.78 is 7.58. The molecule has 0 fully saturated rings. The number of aromatic nitrogens is 1. The van der Waals surface area contributed by atoms with Crippen molar-refractivity contribution in [2.75, 3.05) is 6.61 Å². The average Bonchev–Trinajstić information content (AvgIpc) is 2.95. The quantitative estimate of drug-likeness (QED) is 0.490. The molecule has 28 heavy (non-hydrogen) atoms. The summed E-state index contributed by atoms with van der Waals surface area (Å²) in [5, 5.41) is 4.73. The first-order valence-electron chi connectivity index (χ1n) is 8.91. The van der Waals surface area contributed by atoms with E-state index in [0.29, 0.717) is 10.8 Å². The van der Waals surface area contributed by atoms with Crippen LogP contribution in [0.4, 0.5) is 0 Å². The predicted molar refractivity (Wildman–Crippen MR) is 113 cm³/mol. The second-order valence-electron chi connectivity index (χ2n) is 6.46. The van der Waals surface area contributed by atoms with Crippen molar-refractivity contribution in [3.05, 3.63) is 82.1 Å². The highest BCUT2D eigenvalue weighted by atomic mass is 35.5. The van der Waals surface area contributed by atoms with Crippen LogP contribution in [0.3, 0.4) is 0 Å². The van der Waals surface area contributed by atoms with Gasteiger partial charge >= 0.3 is 0 Å². The Morgan fingerprint density at radius 2 is 1.86 bits per heavy atom. The Balaban J connectivity index is 1.65. The fraction of sp³-hybridized carbons (Fsp3) is 0.182. The first-order chi connectivity index (χ1) is 13.5. The lowest BCUT2D eigenvalue weighted by molar-refractivity contribution is -0.123. The van der Waals surface area contributed by atoms with E-state index in [1.165, 1.54) is 0 Å². The minimum absolute atomic E-state index is 0.0964. The van der Waals surface area contributed by atoms with Gasteiger partial charge in [0.1, 0.15) is 5.75 Å². The van der Waals surface area contributed by atoms with Gasteiger partial charge in [0, 0.05) is 17.0 Å². The van der Waals surface area contributed by atoms with E-state index in [-0.39, 0.29) is 12.5 Å². The SMILES string of the molecule is Cc1ccccc1OCC(=O)N/N=C/c1cc(C)n(-c2ccccc2Cl)c1C. The van der Waals surface area contributed by atoms with Crippen LogP contribution in [0, 0.1) is 20.8 Å². The van der Waals surface area contributed by atoms with Gasteiger partial charge < -0.3 is 9.30 Å². The number of hydrogen-bond donors (Lipinski definition) is 1. The van der Waals surface area contributed by atoms with Crippen molar-refractivity contribution in [3.8, 4) is 11.4 Å². The molecule has 0 atom stereocenters. The van der Waals surface area contributed by atoms with Crippen molar-refractivity contribution < 1.29 is 9.53 Å². The Kier molecular flexibility index (Phi) is 6.16. The summed E-state index contributed by atoms with van der Waals surface area (Å²) in [5.41, 5.74) is 7.30. The van der Waals surface area contributed by atoms with E-state index >= 15 is 0 Å². The lowest BCUT2D eigenvalue weighted by Crippen LogP contribution is -2.24. The van der Waals surface area contributed by atoms with Crippen LogP contribution in [-0.4, -0.2) is 23.3 Å². The summed E-state index contributed by atoms with van der Waals surface area (Å²) in [6.45, 7) is 5.82. The third-order valence-electron chi connectivity index (χ3n) is 4.41. The van der Waals surface area contributed by atoms with Crippen LogP contribution in [0.15, 0.2) is 59.7 Å². The molecule has 5 nitrogen and oxygen atoms in total. The molecule has 0 aliphatic rings. The van der Waals surface area contributed by atoms with E-state index in [1.54, 1.807) is 6.21 Å². The van der Waals surface area contributed by atoms with E-state index in [9.17, 15) is 4.79 Å². The maximum Gasteiger partial charge on any atom is 0.277 e. The van der Waals surface area contributed by atoms with Gasteiger partial charge in [-0.25, -0.2) is 5.43 Å². The van der Waals surface area contributed by atoms with Gasteiger partial charge in [-0.3, -0.25) is 4.79 Å². The Morgan fingerprint density at radius 3 is 2.61 bits per heavy atom. The third kappa shape index (κ3) is 4.43. The van der Waals surface area contributed by atoms with Crippen LogP contribution < -0.4 is 10.2 Å². The number of benzene rings is 2. The smallest absolute Gasteiger partial charge is 0.277 e. The Labute approximate surface area is 169 Å². The molecule has 6 heteroatoms. The zero-order chi connectivity index (χ0) is 20.1. The Morgan fingerprint density at radius 1 is 1.14 bits per heavy atom. The van der Waals surface area contributed by atoms with Crippen LogP contribution in [0.1, 0.15) is 22.5 Å². The molecule has 0 bridgehead atoms. The maximum absolute atomic E-state index is 12.0. The number of ether oxygens (including phenoxy) is 1. The van der Waals surface area contributed by atoms with Gasteiger partial charge in [0.05, 0.1) is 16.9 Å². The molecule has 0 saturated carbocycles. The average molecular weight is 396 g/mol. The van der Waals surface area contributed by atoms with Crippen LogP contribution in [0.25, 0.3) is 5.69 Å². The lowest BCUT2D eigenvalue weighted by atomic mass is 10.2. The van der Waals surface area contributed by atoms with Crippen molar-refractivity contribution in [2.45, 2.75) is 20.8 Å². The van der Waals surface area contributed by atoms with Gasteiger partial charge in [-0.1, -0.05) is 41.9 Å². The number of nitrogens with one attached hydrogen (secondary N) is 1. The summed E-state index contributed by atoms with van der Waals surface area (Å²) in [7, 11) is 0. The molecular weight excluding hydrogens is 374 g/mol. The minimum atomic E-state index is -0.320. The molecule has 0 spiro atoms. The number of para-hydroxylation sites is 2. The number of aryl methyl sites for hydroxylation is 2. The van der Waals surface area contributed by atoms with Gasteiger partial charge in [0.15, 0.2) is 6.61 Å². The fourth-order valence-corrected chi connectivity index (χ4v) is 3.21. The summed E-state index contributed by atoms with van der Waals surface area (Å²) in [5.74, 6) is 0.365. The van der Waals surface area contributed by atoms with E-state index < -0.39 is 0 Å². The zero-order valence-electron chi connectivity index (χ0n) is 16.1. The Bertz CT molecular complexity index is 1020. The van der Waals surface area contributed by atoms with Crippen molar-refractivity contribution in [3.63, 3.8) is 0 Å². The molecule has 2 aromatic carbocycles. The molecule has 1 aromatic heterocycles. The first-order valence-corrected chi connectivity index (χ1v) is 9.29. The number of carbonyl (C=O) groups excluding carboxylic acids is 1. The zero-order valence-corrected chi connectivity index (χ0v) is 16.8. The Hall–Kier alpha value is -3.05. The molecule has 144 valence electrons. The second kappa shape index (κ2) is 8.76. The predicted octanol–water partition coefficient (Wildman–Crippen LogP) is 4.59. The summed E-state index contributed by atoms with van der Waals surface area (Å²) in [6.07, 6.45) is 1.63. The third-order valence-corrected chi connectivity index (χ3v) is 4.73. The van der Waals surface area contributed by atoms with Crippen molar-refractivity contribution in [2.24, 2.45) is 5.10 Å².